The Bertz CT molecular complexity index is 548. The van der Waals surface area contributed by atoms with Gasteiger partial charge < -0.3 is 5.32 Å². The van der Waals surface area contributed by atoms with Crippen molar-refractivity contribution in [3.8, 4) is 0 Å². The summed E-state index contributed by atoms with van der Waals surface area (Å²) in [5, 5.41) is 7.84. The molecular formula is C13H17Cl2N3S. The Hall–Kier alpha value is -0.550. The average Bonchev–Trinajstić information content (AvgIpc) is 2.93. The number of hydrogen-bond donors (Lipinski definition) is 1. The van der Waals surface area contributed by atoms with Crippen LogP contribution < -0.4 is 5.32 Å². The van der Waals surface area contributed by atoms with E-state index < -0.39 is 0 Å². The van der Waals surface area contributed by atoms with E-state index in [9.17, 15) is 0 Å². The van der Waals surface area contributed by atoms with E-state index in [0.29, 0.717) is 10.4 Å². The molecule has 0 aliphatic heterocycles. The van der Waals surface area contributed by atoms with Crippen molar-refractivity contribution in [2.45, 2.75) is 32.4 Å². The molecule has 1 unspecified atom stereocenters. The first kappa shape index (κ1) is 14.9. The van der Waals surface area contributed by atoms with Gasteiger partial charge in [0.1, 0.15) is 0 Å². The van der Waals surface area contributed by atoms with E-state index in [0.717, 1.165) is 22.0 Å². The molecule has 6 heteroatoms. The van der Waals surface area contributed by atoms with Gasteiger partial charge in [0.15, 0.2) is 0 Å². The Morgan fingerprint density at radius 2 is 2.16 bits per heavy atom. The first-order valence-electron chi connectivity index (χ1n) is 6.17. The summed E-state index contributed by atoms with van der Waals surface area (Å²) in [5.74, 6) is 0. The number of nitrogens with one attached hydrogen (secondary N) is 1. The summed E-state index contributed by atoms with van der Waals surface area (Å²) in [5.41, 5.74) is 2.09. The molecule has 2 heterocycles. The lowest BCUT2D eigenvalue weighted by atomic mass is 10.1. The molecule has 0 spiro atoms. The third-order valence-corrected chi connectivity index (χ3v) is 4.53. The molecule has 2 rings (SSSR count). The normalized spacial score (nSPS) is 13.2. The summed E-state index contributed by atoms with van der Waals surface area (Å²) in [6, 6.07) is 4.48. The fourth-order valence-electron chi connectivity index (χ4n) is 1.94. The molecule has 2 aromatic heterocycles. The first-order chi connectivity index (χ1) is 9.01. The molecule has 0 aliphatic rings. The maximum Gasteiger partial charge on any atom is 0.0992 e. The molecule has 0 amide bonds. The van der Waals surface area contributed by atoms with E-state index in [1.54, 1.807) is 0 Å². The molecule has 0 radical (unpaired) electrons. The summed E-state index contributed by atoms with van der Waals surface area (Å²) in [6.45, 7) is 4.23. The smallest absolute Gasteiger partial charge is 0.0992 e. The Morgan fingerprint density at radius 3 is 2.63 bits per heavy atom. The number of hydrogen-bond acceptors (Lipinski definition) is 3. The third kappa shape index (κ3) is 3.51. The van der Waals surface area contributed by atoms with Gasteiger partial charge in [-0.05, 0) is 33.0 Å². The zero-order valence-corrected chi connectivity index (χ0v) is 13.5. The van der Waals surface area contributed by atoms with Crippen LogP contribution in [0.15, 0.2) is 18.3 Å². The van der Waals surface area contributed by atoms with Crippen molar-refractivity contribution in [2.75, 3.05) is 7.05 Å². The van der Waals surface area contributed by atoms with Crippen LogP contribution in [-0.4, -0.2) is 16.8 Å². The van der Waals surface area contributed by atoms with Crippen LogP contribution in [-0.2, 0) is 6.42 Å². The molecule has 19 heavy (non-hydrogen) atoms. The van der Waals surface area contributed by atoms with Gasteiger partial charge in [0.2, 0.25) is 0 Å². The molecule has 2 aromatic rings. The zero-order valence-electron chi connectivity index (χ0n) is 11.2. The number of thiophene rings is 1. The van der Waals surface area contributed by atoms with Gasteiger partial charge in [-0.15, -0.1) is 11.3 Å². The quantitative estimate of drug-likeness (QED) is 0.889. The molecule has 0 aromatic carbocycles. The lowest BCUT2D eigenvalue weighted by Gasteiger charge is -2.14. The number of nitrogens with zero attached hydrogens (tertiary/aromatic N) is 2. The molecule has 3 nitrogen and oxygen atoms in total. The number of aromatic nitrogens is 2. The molecular weight excluding hydrogens is 301 g/mol. The second-order valence-electron chi connectivity index (χ2n) is 4.71. The standard InChI is InChI=1S/C13H17Cl2N3S/c1-8(2)18-5-4-9(17-18)6-11(16-3)10-7-12(14)19-13(10)15/h4-5,7-8,11,16H,6H2,1-3H3. The molecule has 0 bridgehead atoms. The summed E-state index contributed by atoms with van der Waals surface area (Å²) in [7, 11) is 1.92. The van der Waals surface area contributed by atoms with Crippen molar-refractivity contribution in [1.82, 2.24) is 15.1 Å². The molecule has 0 aliphatic carbocycles. The topological polar surface area (TPSA) is 29.9 Å². The van der Waals surface area contributed by atoms with Gasteiger partial charge in [-0.3, -0.25) is 4.68 Å². The third-order valence-electron chi connectivity index (χ3n) is 3.01. The minimum absolute atomic E-state index is 0.131. The van der Waals surface area contributed by atoms with Gasteiger partial charge in [0.05, 0.1) is 14.4 Å². The number of halogens is 2. The van der Waals surface area contributed by atoms with Gasteiger partial charge in [-0.25, -0.2) is 0 Å². The summed E-state index contributed by atoms with van der Waals surface area (Å²) in [4.78, 5) is 0. The van der Waals surface area contributed by atoms with Crippen LogP contribution >= 0.6 is 34.5 Å². The van der Waals surface area contributed by atoms with E-state index >= 15 is 0 Å². The van der Waals surface area contributed by atoms with Crippen molar-refractivity contribution in [1.29, 1.82) is 0 Å². The Labute approximate surface area is 127 Å². The van der Waals surface area contributed by atoms with Gasteiger partial charge in [0, 0.05) is 30.3 Å². The van der Waals surface area contributed by atoms with Gasteiger partial charge in [-0.1, -0.05) is 23.2 Å². The number of likely N-dealkylation sites (N-methyl/N-ethyl adjacent to an activating group) is 1. The van der Waals surface area contributed by atoms with Crippen LogP contribution in [0.4, 0.5) is 0 Å². The van der Waals surface area contributed by atoms with E-state index in [1.165, 1.54) is 11.3 Å². The summed E-state index contributed by atoms with van der Waals surface area (Å²) < 4.78 is 3.42. The molecule has 1 atom stereocenters. The fourth-order valence-corrected chi connectivity index (χ4v) is 3.52. The van der Waals surface area contributed by atoms with E-state index in [4.69, 9.17) is 23.2 Å². The van der Waals surface area contributed by atoms with Crippen LogP contribution in [0.25, 0.3) is 0 Å². The highest BCUT2D eigenvalue weighted by Gasteiger charge is 2.18. The number of rotatable bonds is 5. The first-order valence-corrected chi connectivity index (χ1v) is 7.74. The van der Waals surface area contributed by atoms with Crippen LogP contribution in [0.2, 0.25) is 8.67 Å². The highest BCUT2D eigenvalue weighted by molar-refractivity contribution is 7.20. The van der Waals surface area contributed by atoms with Crippen molar-refractivity contribution in [3.63, 3.8) is 0 Å². The minimum Gasteiger partial charge on any atom is -0.313 e. The Morgan fingerprint density at radius 1 is 1.42 bits per heavy atom. The maximum absolute atomic E-state index is 6.21. The zero-order chi connectivity index (χ0) is 14.0. The van der Waals surface area contributed by atoms with Gasteiger partial charge >= 0.3 is 0 Å². The van der Waals surface area contributed by atoms with Crippen molar-refractivity contribution in [2.24, 2.45) is 0 Å². The van der Waals surface area contributed by atoms with Crippen molar-refractivity contribution in [3.05, 3.63) is 38.3 Å². The maximum atomic E-state index is 6.21. The predicted octanol–water partition coefficient (Wildman–Crippen LogP) is 4.34. The van der Waals surface area contributed by atoms with Gasteiger partial charge in [0.25, 0.3) is 0 Å². The summed E-state index contributed by atoms with van der Waals surface area (Å²) >= 11 is 13.6. The Kier molecular flexibility index (Phi) is 4.90. The summed E-state index contributed by atoms with van der Waals surface area (Å²) in [6.07, 6.45) is 2.80. The van der Waals surface area contributed by atoms with Crippen molar-refractivity contribution >= 4 is 34.5 Å². The van der Waals surface area contributed by atoms with Crippen LogP contribution in [0, 0.1) is 0 Å². The molecule has 0 saturated carbocycles. The van der Waals surface area contributed by atoms with E-state index in [-0.39, 0.29) is 6.04 Å². The minimum atomic E-state index is 0.131. The lowest BCUT2D eigenvalue weighted by molar-refractivity contribution is 0.515. The SMILES string of the molecule is CNC(Cc1ccn(C(C)C)n1)c1cc(Cl)sc1Cl. The molecule has 0 fully saturated rings. The molecule has 0 saturated heterocycles. The predicted molar refractivity (Wildman–Crippen MR) is 82.5 cm³/mol. The average molecular weight is 318 g/mol. The molecule has 104 valence electrons. The largest absolute Gasteiger partial charge is 0.313 e. The van der Waals surface area contributed by atoms with E-state index in [1.807, 2.05) is 30.1 Å². The van der Waals surface area contributed by atoms with Gasteiger partial charge in [-0.2, -0.15) is 5.10 Å². The second-order valence-corrected chi connectivity index (χ2v) is 6.99. The highest BCUT2D eigenvalue weighted by atomic mass is 35.5. The Balaban J connectivity index is 2.16. The second kappa shape index (κ2) is 6.27. The lowest BCUT2D eigenvalue weighted by Crippen LogP contribution is -2.19. The molecule has 1 N–H and O–H groups in total. The van der Waals surface area contributed by atoms with Crippen LogP contribution in [0.5, 0.6) is 0 Å². The monoisotopic (exact) mass is 317 g/mol. The van der Waals surface area contributed by atoms with E-state index in [2.05, 4.69) is 24.3 Å². The van der Waals surface area contributed by atoms with Crippen LogP contribution in [0.3, 0.4) is 0 Å². The van der Waals surface area contributed by atoms with Crippen molar-refractivity contribution < 1.29 is 0 Å². The van der Waals surface area contributed by atoms with Crippen LogP contribution in [0.1, 0.15) is 37.2 Å². The highest BCUT2D eigenvalue weighted by Crippen LogP contribution is 2.35. The fraction of sp³-hybridized carbons (Fsp3) is 0.462.